The maximum atomic E-state index is 2.43. The summed E-state index contributed by atoms with van der Waals surface area (Å²) in [5, 5.41) is 21.7. The molecule has 0 heterocycles. The molecule has 154 valence electrons. The molecule has 34 heavy (non-hydrogen) atoms. The van der Waals surface area contributed by atoms with E-state index in [1.807, 2.05) is 0 Å². The minimum atomic E-state index is 1.31. The first kappa shape index (κ1) is 17.1. The molecule has 0 nitrogen and oxygen atoms in total. The van der Waals surface area contributed by atoms with Crippen molar-refractivity contribution in [1.82, 2.24) is 0 Å². The summed E-state index contributed by atoms with van der Waals surface area (Å²) in [6, 6.07) is 40.9. The van der Waals surface area contributed by atoms with Gasteiger partial charge in [0.2, 0.25) is 0 Å². The monoisotopic (exact) mass is 426 g/mol. The zero-order chi connectivity index (χ0) is 22.0. The first-order chi connectivity index (χ1) is 16.9. The van der Waals surface area contributed by atoms with Crippen molar-refractivity contribution in [3.63, 3.8) is 0 Å². The molecule has 0 saturated carbocycles. The highest BCUT2D eigenvalue weighted by atomic mass is 14.2. The molecule has 0 unspecified atom stereocenters. The third-order valence-electron chi connectivity index (χ3n) is 8.09. The van der Waals surface area contributed by atoms with Crippen LogP contribution in [0.2, 0.25) is 0 Å². The van der Waals surface area contributed by atoms with E-state index in [1.54, 1.807) is 0 Å². The lowest BCUT2D eigenvalue weighted by molar-refractivity contribution is 1.79. The summed E-state index contributed by atoms with van der Waals surface area (Å²) in [6.45, 7) is 0. The minimum Gasteiger partial charge on any atom is -0.0616 e. The van der Waals surface area contributed by atoms with Crippen LogP contribution in [-0.2, 0) is 0 Å². The Hall–Kier alpha value is -4.42. The van der Waals surface area contributed by atoms with Gasteiger partial charge in [0.1, 0.15) is 0 Å². The summed E-state index contributed by atoms with van der Waals surface area (Å²) in [5.74, 6) is 0. The molecule has 0 N–H and O–H groups in total. The Morgan fingerprint density at radius 1 is 0.235 bits per heavy atom. The van der Waals surface area contributed by atoms with E-state index in [-0.39, 0.29) is 0 Å². The third kappa shape index (κ3) is 1.85. The fraction of sp³-hybridized carbons (Fsp3) is 0. The summed E-state index contributed by atoms with van der Waals surface area (Å²) < 4.78 is 0. The zero-order valence-electron chi connectivity index (χ0n) is 18.4. The Balaban J connectivity index is 1.74. The van der Waals surface area contributed by atoms with Gasteiger partial charge in [-0.2, -0.15) is 0 Å². The Kier molecular flexibility index (Phi) is 2.88. The van der Waals surface area contributed by atoms with E-state index in [0.717, 1.165) is 0 Å². The molecular formula is C34H18. The molecular weight excluding hydrogens is 408 g/mol. The van der Waals surface area contributed by atoms with Gasteiger partial charge in [-0.3, -0.25) is 0 Å². The molecule has 0 aliphatic heterocycles. The number of rotatable bonds is 0. The Morgan fingerprint density at radius 3 is 1.47 bits per heavy atom. The molecule has 0 aliphatic rings. The topological polar surface area (TPSA) is 0 Å². The van der Waals surface area contributed by atoms with Crippen molar-refractivity contribution in [2.24, 2.45) is 0 Å². The second-order valence-electron chi connectivity index (χ2n) is 9.66. The lowest BCUT2D eigenvalue weighted by Crippen LogP contribution is -1.92. The Labute approximate surface area is 195 Å². The smallest absolute Gasteiger partial charge is 0.00132 e. The molecule has 0 fully saturated rings. The van der Waals surface area contributed by atoms with Gasteiger partial charge in [0.15, 0.2) is 0 Å². The van der Waals surface area contributed by atoms with E-state index >= 15 is 0 Å². The quantitative estimate of drug-likeness (QED) is 0.167. The first-order valence-electron chi connectivity index (χ1n) is 12.0. The van der Waals surface area contributed by atoms with Gasteiger partial charge in [-0.05, 0) is 92.2 Å². The van der Waals surface area contributed by atoms with Crippen LogP contribution >= 0.6 is 0 Å². The van der Waals surface area contributed by atoms with Crippen LogP contribution in [0.1, 0.15) is 0 Å². The van der Waals surface area contributed by atoms with Crippen molar-refractivity contribution in [2.45, 2.75) is 0 Å². The molecule has 0 amide bonds. The molecule has 9 aromatic carbocycles. The molecule has 9 rings (SSSR count). The number of hydrogen-bond donors (Lipinski definition) is 0. The predicted molar refractivity (Wildman–Crippen MR) is 149 cm³/mol. The molecule has 0 bridgehead atoms. The van der Waals surface area contributed by atoms with E-state index in [2.05, 4.69) is 109 Å². The van der Waals surface area contributed by atoms with Crippen molar-refractivity contribution >= 4 is 86.2 Å². The van der Waals surface area contributed by atoms with Gasteiger partial charge in [-0.1, -0.05) is 103 Å². The third-order valence-corrected chi connectivity index (χ3v) is 8.09. The normalized spacial score (nSPS) is 12.7. The second-order valence-corrected chi connectivity index (χ2v) is 9.66. The van der Waals surface area contributed by atoms with Gasteiger partial charge in [0.25, 0.3) is 0 Å². The Morgan fingerprint density at radius 2 is 0.706 bits per heavy atom. The summed E-state index contributed by atoms with van der Waals surface area (Å²) in [7, 11) is 0. The molecule has 0 saturated heterocycles. The average Bonchev–Trinajstić information content (AvgIpc) is 2.90. The van der Waals surface area contributed by atoms with Crippen LogP contribution in [0.4, 0.5) is 0 Å². The van der Waals surface area contributed by atoms with Crippen molar-refractivity contribution < 1.29 is 0 Å². The van der Waals surface area contributed by atoms with Crippen LogP contribution in [0.25, 0.3) is 86.2 Å². The lowest BCUT2D eigenvalue weighted by Gasteiger charge is -2.20. The van der Waals surface area contributed by atoms with Crippen molar-refractivity contribution in [3.05, 3.63) is 109 Å². The summed E-state index contributed by atoms with van der Waals surface area (Å²) in [6.07, 6.45) is 0. The van der Waals surface area contributed by atoms with Crippen LogP contribution < -0.4 is 0 Å². The molecule has 0 spiro atoms. The van der Waals surface area contributed by atoms with Crippen LogP contribution in [0.5, 0.6) is 0 Å². The second kappa shape index (κ2) is 5.73. The minimum absolute atomic E-state index is 1.31. The molecule has 0 atom stereocenters. The average molecular weight is 427 g/mol. The SMILES string of the molecule is c1ccc2c(c1)cc1c3c2cccc3c2cccc3c4ccc5cccc6ccc(c4c56)c1c23. The van der Waals surface area contributed by atoms with Crippen LogP contribution in [0, 0.1) is 0 Å². The molecule has 0 aliphatic carbocycles. The first-order valence-corrected chi connectivity index (χ1v) is 12.0. The van der Waals surface area contributed by atoms with Crippen LogP contribution in [-0.4, -0.2) is 0 Å². The van der Waals surface area contributed by atoms with E-state index < -0.39 is 0 Å². The Bertz CT molecular complexity index is 2250. The molecule has 0 radical (unpaired) electrons. The standard InChI is InChI=1S/C34H18/c1-2-9-22-21(6-1)18-29-31-23(22)10-4-11-24(31)25-12-5-13-26-27-16-14-19-7-3-8-20-15-17-28(33(27)30(19)20)34(29)32(25)26/h1-18H. The highest BCUT2D eigenvalue weighted by Gasteiger charge is 2.20. The largest absolute Gasteiger partial charge is 0.0616 e. The summed E-state index contributed by atoms with van der Waals surface area (Å²) in [5.41, 5.74) is 0. The summed E-state index contributed by atoms with van der Waals surface area (Å²) >= 11 is 0. The van der Waals surface area contributed by atoms with E-state index in [9.17, 15) is 0 Å². The van der Waals surface area contributed by atoms with Crippen LogP contribution in [0.15, 0.2) is 109 Å². The van der Waals surface area contributed by atoms with Gasteiger partial charge in [0.05, 0.1) is 0 Å². The number of benzene rings is 9. The lowest BCUT2D eigenvalue weighted by atomic mass is 9.82. The van der Waals surface area contributed by atoms with Gasteiger partial charge in [-0.25, -0.2) is 0 Å². The summed E-state index contributed by atoms with van der Waals surface area (Å²) in [4.78, 5) is 0. The van der Waals surface area contributed by atoms with E-state index in [1.165, 1.54) is 86.2 Å². The van der Waals surface area contributed by atoms with Gasteiger partial charge in [0, 0.05) is 0 Å². The van der Waals surface area contributed by atoms with Crippen molar-refractivity contribution in [2.75, 3.05) is 0 Å². The molecule has 9 aromatic rings. The van der Waals surface area contributed by atoms with E-state index in [0.29, 0.717) is 0 Å². The number of fused-ring (bicyclic) bond motifs is 6. The maximum Gasteiger partial charge on any atom is -0.00132 e. The molecule has 0 aromatic heterocycles. The van der Waals surface area contributed by atoms with Gasteiger partial charge < -0.3 is 0 Å². The molecule has 0 heteroatoms. The van der Waals surface area contributed by atoms with Crippen molar-refractivity contribution in [1.29, 1.82) is 0 Å². The fourth-order valence-electron chi connectivity index (χ4n) is 6.78. The van der Waals surface area contributed by atoms with Crippen LogP contribution in [0.3, 0.4) is 0 Å². The van der Waals surface area contributed by atoms with Gasteiger partial charge >= 0.3 is 0 Å². The fourth-order valence-corrected chi connectivity index (χ4v) is 6.78. The zero-order valence-corrected chi connectivity index (χ0v) is 18.4. The van der Waals surface area contributed by atoms with Crippen molar-refractivity contribution in [3.8, 4) is 0 Å². The van der Waals surface area contributed by atoms with E-state index in [4.69, 9.17) is 0 Å². The predicted octanol–water partition coefficient (Wildman–Crippen LogP) is 9.79. The highest BCUT2D eigenvalue weighted by Crippen LogP contribution is 2.49. The number of hydrogen-bond acceptors (Lipinski definition) is 0. The van der Waals surface area contributed by atoms with Gasteiger partial charge in [-0.15, -0.1) is 0 Å². The highest BCUT2D eigenvalue weighted by molar-refractivity contribution is 6.45. The maximum absolute atomic E-state index is 2.43.